The molecule has 0 saturated carbocycles. The third-order valence-corrected chi connectivity index (χ3v) is 3.72. The molecule has 8 nitrogen and oxygen atoms in total. The Kier molecular flexibility index (Phi) is 5.35. The van der Waals surface area contributed by atoms with Crippen LogP contribution in [0.15, 0.2) is 18.2 Å². The van der Waals surface area contributed by atoms with Crippen molar-refractivity contribution in [3.63, 3.8) is 0 Å². The van der Waals surface area contributed by atoms with Gasteiger partial charge in [0, 0.05) is 19.0 Å². The highest BCUT2D eigenvalue weighted by atomic mass is 32.1. The number of hydrogen-bond acceptors (Lipinski definition) is 7. The van der Waals surface area contributed by atoms with Gasteiger partial charge in [0.2, 0.25) is 11.8 Å². The Morgan fingerprint density at radius 3 is 2.78 bits per heavy atom. The number of likely N-dealkylation sites (N-methyl/N-ethyl adjacent to an activating group) is 1. The second-order valence-electron chi connectivity index (χ2n) is 5.04. The van der Waals surface area contributed by atoms with Crippen LogP contribution in [-0.4, -0.2) is 42.0 Å². The van der Waals surface area contributed by atoms with Crippen molar-refractivity contribution in [3.8, 4) is 0 Å². The van der Waals surface area contributed by atoms with Crippen LogP contribution in [0.1, 0.15) is 33.6 Å². The molecule has 0 aliphatic carbocycles. The first-order valence-electron chi connectivity index (χ1n) is 6.83. The van der Waals surface area contributed by atoms with Crippen LogP contribution in [0.5, 0.6) is 0 Å². The number of aldehydes is 1. The normalized spacial score (nSPS) is 17.4. The van der Waals surface area contributed by atoms with Gasteiger partial charge in [0.25, 0.3) is 5.91 Å². The molecular weight excluding hydrogens is 320 g/mol. The third kappa shape index (κ3) is 3.69. The van der Waals surface area contributed by atoms with Crippen molar-refractivity contribution < 1.29 is 19.2 Å². The van der Waals surface area contributed by atoms with Crippen molar-refractivity contribution >= 4 is 42.5 Å². The molecule has 3 N–H and O–H groups in total. The van der Waals surface area contributed by atoms with E-state index in [1.165, 1.54) is 24.1 Å². The summed E-state index contributed by atoms with van der Waals surface area (Å²) in [7, 11) is 1.47. The number of thiol groups is 1. The van der Waals surface area contributed by atoms with E-state index in [0.717, 1.165) is 0 Å². The number of benzene rings is 1. The molecule has 1 aromatic carbocycles. The number of amides is 3. The number of piperidine rings is 1. The first-order chi connectivity index (χ1) is 11.0. The molecule has 1 aromatic rings. The van der Waals surface area contributed by atoms with Gasteiger partial charge in [-0.15, -0.1) is 0 Å². The van der Waals surface area contributed by atoms with Crippen molar-refractivity contribution in [2.24, 2.45) is 0 Å². The maximum absolute atomic E-state index is 12.6. The Labute approximate surface area is 138 Å². The smallest absolute Gasteiger partial charge is 0.255 e. The number of imide groups is 1. The lowest BCUT2D eigenvalue weighted by Crippen LogP contribution is -2.53. The van der Waals surface area contributed by atoms with Gasteiger partial charge in [-0.3, -0.25) is 24.5 Å². The summed E-state index contributed by atoms with van der Waals surface area (Å²) in [6, 6.07) is 3.83. The number of carbonyl (C=O) groups excluding carboxylic acids is 4. The van der Waals surface area contributed by atoms with Crippen molar-refractivity contribution in [2.45, 2.75) is 18.9 Å². The van der Waals surface area contributed by atoms with E-state index in [0.29, 0.717) is 12.0 Å². The lowest BCUT2D eigenvalue weighted by atomic mass is 10.0. The molecule has 1 heterocycles. The Morgan fingerprint density at radius 2 is 2.17 bits per heavy atom. The summed E-state index contributed by atoms with van der Waals surface area (Å²) in [5.74, 6) is -1.35. The first kappa shape index (κ1) is 17.0. The van der Waals surface area contributed by atoms with E-state index < -0.39 is 17.9 Å². The average molecular weight is 336 g/mol. The number of anilines is 1. The first-order valence-corrected chi connectivity index (χ1v) is 7.28. The molecular formula is C14H16N4O4S. The van der Waals surface area contributed by atoms with Crippen LogP contribution in [0.4, 0.5) is 5.69 Å². The zero-order valence-corrected chi connectivity index (χ0v) is 13.2. The Bertz CT molecular complexity index is 664. The van der Waals surface area contributed by atoms with Crippen molar-refractivity contribution in [1.29, 1.82) is 0 Å². The molecule has 1 fully saturated rings. The fourth-order valence-electron chi connectivity index (χ4n) is 2.37. The molecule has 3 amide bonds. The number of nitrogens with zero attached hydrogens (tertiary/aromatic N) is 1. The minimum absolute atomic E-state index is 0.154. The summed E-state index contributed by atoms with van der Waals surface area (Å²) in [6.07, 6.45) is 0.989. The quantitative estimate of drug-likeness (QED) is 0.264. The van der Waals surface area contributed by atoms with Crippen molar-refractivity contribution in [3.05, 3.63) is 29.3 Å². The Morgan fingerprint density at radius 1 is 1.43 bits per heavy atom. The number of hydrogen-bond donors (Lipinski definition) is 4. The fraction of sp³-hybridized carbons (Fsp3) is 0.286. The van der Waals surface area contributed by atoms with Gasteiger partial charge in [-0.05, 0) is 24.6 Å². The van der Waals surface area contributed by atoms with Gasteiger partial charge in [-0.2, -0.15) is 4.83 Å². The molecule has 0 bridgehead atoms. The van der Waals surface area contributed by atoms with E-state index in [1.54, 1.807) is 6.07 Å². The van der Waals surface area contributed by atoms with Crippen LogP contribution in [0.25, 0.3) is 0 Å². The summed E-state index contributed by atoms with van der Waals surface area (Å²) in [5.41, 5.74) is 3.58. The second-order valence-corrected chi connectivity index (χ2v) is 5.26. The minimum atomic E-state index is -0.751. The monoisotopic (exact) mass is 336 g/mol. The number of nitrogens with one attached hydrogen (secondary N) is 3. The largest absolute Gasteiger partial charge is 0.330 e. The predicted octanol–water partition coefficient (Wildman–Crippen LogP) is 0.138. The molecule has 0 spiro atoms. The van der Waals surface area contributed by atoms with Gasteiger partial charge in [-0.1, -0.05) is 12.8 Å². The number of hydrazine groups is 1. The Balaban J connectivity index is 2.28. The van der Waals surface area contributed by atoms with Gasteiger partial charge in [0.15, 0.2) is 6.29 Å². The average Bonchev–Trinajstić information content (AvgIpc) is 2.54. The summed E-state index contributed by atoms with van der Waals surface area (Å²) in [4.78, 5) is 50.5. The highest BCUT2D eigenvalue weighted by molar-refractivity contribution is 7.78. The molecule has 1 unspecified atom stereocenters. The van der Waals surface area contributed by atoms with Gasteiger partial charge in [0.05, 0.1) is 11.3 Å². The SMILES string of the molecule is CN(C(=O)c1cc(NNS)ccc1C=O)C1CCC(=O)NC1=O. The molecule has 122 valence electrons. The highest BCUT2D eigenvalue weighted by Gasteiger charge is 2.33. The van der Waals surface area contributed by atoms with Crippen LogP contribution in [0.2, 0.25) is 0 Å². The molecule has 0 radical (unpaired) electrons. The Hall–Kier alpha value is -2.39. The van der Waals surface area contributed by atoms with Crippen LogP contribution in [0.3, 0.4) is 0 Å². The molecule has 1 saturated heterocycles. The maximum Gasteiger partial charge on any atom is 0.255 e. The lowest BCUT2D eigenvalue weighted by Gasteiger charge is -2.30. The highest BCUT2D eigenvalue weighted by Crippen LogP contribution is 2.19. The van der Waals surface area contributed by atoms with Gasteiger partial charge >= 0.3 is 0 Å². The third-order valence-electron chi connectivity index (χ3n) is 3.61. The number of rotatable bonds is 5. The summed E-state index contributed by atoms with van der Waals surface area (Å²) < 4.78 is 0. The summed E-state index contributed by atoms with van der Waals surface area (Å²) >= 11 is 3.80. The van der Waals surface area contributed by atoms with Gasteiger partial charge in [0.1, 0.15) is 6.04 Å². The zero-order chi connectivity index (χ0) is 17.0. The number of carbonyl (C=O) groups is 4. The lowest BCUT2D eigenvalue weighted by molar-refractivity contribution is -0.136. The van der Waals surface area contributed by atoms with E-state index in [1.807, 2.05) is 0 Å². The minimum Gasteiger partial charge on any atom is -0.330 e. The molecule has 9 heteroatoms. The van der Waals surface area contributed by atoms with Crippen molar-refractivity contribution in [1.82, 2.24) is 15.0 Å². The van der Waals surface area contributed by atoms with E-state index >= 15 is 0 Å². The fourth-order valence-corrected chi connectivity index (χ4v) is 2.50. The predicted molar refractivity (Wildman–Crippen MR) is 85.8 cm³/mol. The molecule has 23 heavy (non-hydrogen) atoms. The topological polar surface area (TPSA) is 108 Å². The van der Waals surface area contributed by atoms with Gasteiger partial charge in [-0.25, -0.2) is 0 Å². The van der Waals surface area contributed by atoms with Crippen LogP contribution in [-0.2, 0) is 9.59 Å². The zero-order valence-electron chi connectivity index (χ0n) is 12.3. The van der Waals surface area contributed by atoms with E-state index in [-0.39, 0.29) is 29.9 Å². The van der Waals surface area contributed by atoms with E-state index in [9.17, 15) is 19.2 Å². The summed E-state index contributed by atoms with van der Waals surface area (Å²) in [6.45, 7) is 0. The van der Waals surface area contributed by atoms with E-state index in [2.05, 4.69) is 28.4 Å². The van der Waals surface area contributed by atoms with Crippen LogP contribution < -0.4 is 15.6 Å². The summed E-state index contributed by atoms with van der Waals surface area (Å²) in [5, 5.41) is 2.20. The maximum atomic E-state index is 12.6. The molecule has 2 rings (SSSR count). The van der Waals surface area contributed by atoms with E-state index in [4.69, 9.17) is 0 Å². The second kappa shape index (κ2) is 7.25. The molecule has 1 atom stereocenters. The standard InChI is InChI=1S/C14H16N4O4S/c1-18(11-4-5-12(20)15-13(11)21)14(22)10-6-9(16-17-23)3-2-8(10)7-19/h2-3,6-7,11,16-17,23H,4-5H2,1H3,(H,15,20,21). The van der Waals surface area contributed by atoms with Crippen molar-refractivity contribution in [2.75, 3.05) is 12.5 Å². The van der Waals surface area contributed by atoms with Crippen LogP contribution >= 0.6 is 12.8 Å². The van der Waals surface area contributed by atoms with Gasteiger partial charge < -0.3 is 10.3 Å². The molecule has 1 aliphatic heterocycles. The molecule has 0 aromatic heterocycles. The molecule has 1 aliphatic rings. The van der Waals surface area contributed by atoms with Crippen LogP contribution in [0, 0.1) is 0 Å².